The fourth-order valence-corrected chi connectivity index (χ4v) is 1.42. The Morgan fingerprint density at radius 3 is 2.50 bits per heavy atom. The summed E-state index contributed by atoms with van der Waals surface area (Å²) in [6.45, 7) is 1.94. The fourth-order valence-electron chi connectivity index (χ4n) is 1.42. The van der Waals surface area contributed by atoms with Crippen molar-refractivity contribution in [3.05, 3.63) is 0 Å². The predicted molar refractivity (Wildman–Crippen MR) is 32.9 cm³/mol. The van der Waals surface area contributed by atoms with Crippen LogP contribution in [0.3, 0.4) is 0 Å². The van der Waals surface area contributed by atoms with E-state index in [9.17, 15) is 4.79 Å². The van der Waals surface area contributed by atoms with E-state index in [-0.39, 0.29) is 5.60 Å². The van der Waals surface area contributed by atoms with E-state index in [0.717, 1.165) is 13.0 Å². The summed E-state index contributed by atoms with van der Waals surface area (Å²) in [5, 5.41) is 8.46. The molecule has 0 aromatic carbocycles. The molecule has 4 nitrogen and oxygen atoms in total. The molecule has 56 valence electrons. The van der Waals surface area contributed by atoms with Gasteiger partial charge in [-0.15, -0.1) is 0 Å². The van der Waals surface area contributed by atoms with Crippen LogP contribution in [0.15, 0.2) is 0 Å². The molecule has 2 aliphatic heterocycles. The van der Waals surface area contributed by atoms with Crippen LogP contribution >= 0.6 is 0 Å². The van der Waals surface area contributed by atoms with E-state index in [4.69, 9.17) is 9.84 Å². The van der Waals surface area contributed by atoms with Gasteiger partial charge >= 0.3 is 6.09 Å². The Morgan fingerprint density at radius 1 is 1.60 bits per heavy atom. The standard InChI is InChI=1S/C6H9NO3/c8-5(9)7-3-6(4-7)1-2-10-6/h1-4H2,(H,8,9). The molecule has 2 rings (SSSR count). The van der Waals surface area contributed by atoms with Crippen LogP contribution < -0.4 is 0 Å². The van der Waals surface area contributed by atoms with E-state index in [1.165, 1.54) is 4.90 Å². The van der Waals surface area contributed by atoms with Crippen molar-refractivity contribution < 1.29 is 14.6 Å². The van der Waals surface area contributed by atoms with Gasteiger partial charge in [-0.25, -0.2) is 4.79 Å². The Hall–Kier alpha value is -0.770. The molecule has 0 bridgehead atoms. The Labute approximate surface area is 58.4 Å². The van der Waals surface area contributed by atoms with Gasteiger partial charge in [-0.05, 0) is 0 Å². The second-order valence-electron chi connectivity index (χ2n) is 2.92. The molecule has 2 heterocycles. The van der Waals surface area contributed by atoms with Gasteiger partial charge in [0, 0.05) is 6.42 Å². The van der Waals surface area contributed by atoms with E-state index >= 15 is 0 Å². The van der Waals surface area contributed by atoms with E-state index in [2.05, 4.69) is 0 Å². The highest BCUT2D eigenvalue weighted by Crippen LogP contribution is 2.35. The monoisotopic (exact) mass is 143 g/mol. The van der Waals surface area contributed by atoms with Crippen LogP contribution in [0.25, 0.3) is 0 Å². The number of ether oxygens (including phenoxy) is 1. The summed E-state index contributed by atoms with van der Waals surface area (Å²) in [5.41, 5.74) is -0.0572. The first-order valence-electron chi connectivity index (χ1n) is 3.34. The molecule has 0 atom stereocenters. The number of hydrogen-bond donors (Lipinski definition) is 1. The number of likely N-dealkylation sites (tertiary alicyclic amines) is 1. The van der Waals surface area contributed by atoms with E-state index in [0.29, 0.717) is 13.1 Å². The van der Waals surface area contributed by atoms with Crippen LogP contribution in [0.4, 0.5) is 4.79 Å². The zero-order valence-corrected chi connectivity index (χ0v) is 5.54. The highest BCUT2D eigenvalue weighted by Gasteiger charge is 2.50. The molecule has 1 spiro atoms. The third kappa shape index (κ3) is 0.623. The lowest BCUT2D eigenvalue weighted by molar-refractivity contribution is -0.211. The van der Waals surface area contributed by atoms with Crippen molar-refractivity contribution in [1.29, 1.82) is 0 Å². The first kappa shape index (κ1) is 5.97. The van der Waals surface area contributed by atoms with Gasteiger partial charge in [0.25, 0.3) is 0 Å². The van der Waals surface area contributed by atoms with Crippen molar-refractivity contribution in [2.45, 2.75) is 12.0 Å². The third-order valence-corrected chi connectivity index (χ3v) is 2.19. The van der Waals surface area contributed by atoms with Crippen LogP contribution in [0.2, 0.25) is 0 Å². The molecule has 0 unspecified atom stereocenters. The van der Waals surface area contributed by atoms with Crippen molar-refractivity contribution in [3.63, 3.8) is 0 Å². The van der Waals surface area contributed by atoms with E-state index < -0.39 is 6.09 Å². The first-order chi connectivity index (χ1) is 4.72. The lowest BCUT2D eigenvalue weighted by Gasteiger charge is -2.53. The van der Waals surface area contributed by atoms with Gasteiger partial charge in [0.05, 0.1) is 19.7 Å². The molecular weight excluding hydrogens is 134 g/mol. The molecule has 0 aromatic heterocycles. The summed E-state index contributed by atoms with van der Waals surface area (Å²) < 4.78 is 5.23. The maximum atomic E-state index is 10.3. The maximum Gasteiger partial charge on any atom is 0.407 e. The molecule has 0 aliphatic carbocycles. The summed E-state index contributed by atoms with van der Waals surface area (Å²) >= 11 is 0. The minimum absolute atomic E-state index is 0.0572. The summed E-state index contributed by atoms with van der Waals surface area (Å²) in [5.74, 6) is 0. The number of hydrogen-bond acceptors (Lipinski definition) is 2. The van der Waals surface area contributed by atoms with Crippen LogP contribution in [0, 0.1) is 0 Å². The summed E-state index contributed by atoms with van der Waals surface area (Å²) in [6, 6.07) is 0. The lowest BCUT2D eigenvalue weighted by Crippen LogP contribution is -2.69. The molecule has 4 heteroatoms. The van der Waals surface area contributed by atoms with Crippen LogP contribution in [0.1, 0.15) is 6.42 Å². The second kappa shape index (κ2) is 1.63. The number of carboxylic acid groups (broad SMARTS) is 1. The van der Waals surface area contributed by atoms with Gasteiger partial charge in [0.15, 0.2) is 0 Å². The Kier molecular flexibility index (Phi) is 0.976. The van der Waals surface area contributed by atoms with Crippen LogP contribution in [-0.4, -0.2) is 41.4 Å². The van der Waals surface area contributed by atoms with E-state index in [1.54, 1.807) is 0 Å². The smallest absolute Gasteiger partial charge is 0.407 e. The fraction of sp³-hybridized carbons (Fsp3) is 0.833. The highest BCUT2D eigenvalue weighted by molar-refractivity contribution is 5.66. The molecule has 10 heavy (non-hydrogen) atoms. The maximum absolute atomic E-state index is 10.3. The minimum atomic E-state index is -0.832. The minimum Gasteiger partial charge on any atom is -0.465 e. The topological polar surface area (TPSA) is 49.8 Å². The van der Waals surface area contributed by atoms with Crippen LogP contribution in [0.5, 0.6) is 0 Å². The average molecular weight is 143 g/mol. The molecule has 2 saturated heterocycles. The molecular formula is C6H9NO3. The molecule has 2 aliphatic rings. The highest BCUT2D eigenvalue weighted by atomic mass is 16.5. The quantitative estimate of drug-likeness (QED) is 0.524. The van der Waals surface area contributed by atoms with Gasteiger partial charge in [-0.2, -0.15) is 0 Å². The van der Waals surface area contributed by atoms with Gasteiger partial charge in [-0.3, -0.25) is 0 Å². The number of nitrogens with zero attached hydrogens (tertiary/aromatic N) is 1. The number of amides is 1. The molecule has 2 fully saturated rings. The van der Waals surface area contributed by atoms with Crippen molar-refractivity contribution >= 4 is 6.09 Å². The Bertz CT molecular complexity index is 168. The van der Waals surface area contributed by atoms with Gasteiger partial charge in [0.1, 0.15) is 5.60 Å². The molecule has 1 amide bonds. The number of carbonyl (C=O) groups is 1. The Balaban J connectivity index is 1.88. The zero-order chi connectivity index (χ0) is 7.19. The van der Waals surface area contributed by atoms with Crippen molar-refractivity contribution in [2.24, 2.45) is 0 Å². The number of rotatable bonds is 0. The Morgan fingerprint density at radius 2 is 2.20 bits per heavy atom. The van der Waals surface area contributed by atoms with Gasteiger partial charge < -0.3 is 14.7 Å². The first-order valence-corrected chi connectivity index (χ1v) is 3.34. The van der Waals surface area contributed by atoms with Gasteiger partial charge in [-0.1, -0.05) is 0 Å². The molecule has 0 radical (unpaired) electrons. The summed E-state index contributed by atoms with van der Waals surface area (Å²) in [4.78, 5) is 11.7. The molecule has 0 aromatic rings. The predicted octanol–water partition coefficient (Wildman–Crippen LogP) is 0.139. The van der Waals surface area contributed by atoms with Crippen LogP contribution in [-0.2, 0) is 4.74 Å². The molecule has 0 saturated carbocycles. The SMILES string of the molecule is O=C(O)N1CC2(CCO2)C1. The molecule has 1 N–H and O–H groups in total. The largest absolute Gasteiger partial charge is 0.465 e. The normalized spacial score (nSPS) is 27.4. The van der Waals surface area contributed by atoms with Gasteiger partial charge in [0.2, 0.25) is 0 Å². The zero-order valence-electron chi connectivity index (χ0n) is 5.54. The van der Waals surface area contributed by atoms with E-state index in [1.807, 2.05) is 0 Å². The van der Waals surface area contributed by atoms with Crippen molar-refractivity contribution in [3.8, 4) is 0 Å². The van der Waals surface area contributed by atoms with Crippen molar-refractivity contribution in [2.75, 3.05) is 19.7 Å². The second-order valence-corrected chi connectivity index (χ2v) is 2.92. The lowest BCUT2D eigenvalue weighted by atomic mass is 9.87. The average Bonchev–Trinajstić information content (AvgIpc) is 1.54. The summed E-state index contributed by atoms with van der Waals surface area (Å²) in [7, 11) is 0. The third-order valence-electron chi connectivity index (χ3n) is 2.19. The van der Waals surface area contributed by atoms with Crippen molar-refractivity contribution in [1.82, 2.24) is 4.90 Å². The summed E-state index contributed by atoms with van der Waals surface area (Å²) in [6.07, 6.45) is 0.192.